The number of carboxylic acids is 5. The summed E-state index contributed by atoms with van der Waals surface area (Å²) in [5, 5.41) is 37.1. The molecule has 0 aromatic heterocycles. The van der Waals surface area contributed by atoms with Gasteiger partial charge in [0.1, 0.15) is 0 Å². The molecule has 0 spiro atoms. The van der Waals surface area contributed by atoms with Gasteiger partial charge in [0.25, 0.3) is 41.2 Å². The van der Waals surface area contributed by atoms with Crippen molar-refractivity contribution in [2.75, 3.05) is 0 Å². The minimum absolute atomic E-state index is 0. The molecule has 0 rings (SSSR count). The molecular weight excluding hydrogens is 383 g/mol. The second kappa shape index (κ2) is 38.2. The van der Waals surface area contributed by atoms with E-state index in [-0.39, 0.29) is 29.6 Å². The Balaban J connectivity index is -0.0000000309. The van der Waals surface area contributed by atoms with Crippen LogP contribution in [0.4, 0.5) is 0 Å². The number of hydrogen-bond donors (Lipinski definition) is 7. The van der Waals surface area contributed by atoms with E-state index in [1.165, 1.54) is 0 Å². The maximum absolute atomic E-state index is 9.00. The van der Waals surface area contributed by atoms with Crippen LogP contribution in [0.3, 0.4) is 0 Å². The second-order valence-electron chi connectivity index (χ2n) is 2.83. The Hall–Kier alpha value is -1.58. The van der Waals surface area contributed by atoms with Crippen molar-refractivity contribution in [1.29, 1.82) is 0 Å². The van der Waals surface area contributed by atoms with Crippen molar-refractivity contribution in [2.45, 2.75) is 34.6 Å². The van der Waals surface area contributed by atoms with E-state index in [4.69, 9.17) is 62.8 Å². The van der Waals surface area contributed by atoms with Gasteiger partial charge in [-0.25, -0.2) is 0 Å². The summed E-state index contributed by atoms with van der Waals surface area (Å²) in [5.74, 6) is -4.17. The van der Waals surface area contributed by atoms with E-state index in [0.717, 1.165) is 34.6 Å². The molecule has 148 valence electrons. The summed E-state index contributed by atoms with van der Waals surface area (Å²) in [5.41, 5.74) is 0. The quantitative estimate of drug-likeness (QED) is 0.198. The van der Waals surface area contributed by atoms with Gasteiger partial charge >= 0.3 is 29.6 Å². The topological polar surface area (TPSA) is 244 Å². The standard InChI is InChI=1S/5C2H4O2.Na.H2O3S.H/c5*1-2(3)4;;1-4(2)3;/h5*1H3,(H,3,4);;(H2,1,2,3);. The fourth-order valence-corrected chi connectivity index (χ4v) is 0. The summed E-state index contributed by atoms with van der Waals surface area (Å²) in [6.07, 6.45) is 0. The number of hydrogen-bond acceptors (Lipinski definition) is 6. The number of carboxylic acid groups (broad SMARTS) is 5. The van der Waals surface area contributed by atoms with Gasteiger partial charge in [-0.05, 0) is 0 Å². The summed E-state index contributed by atoms with van der Waals surface area (Å²) < 4.78 is 22.8. The summed E-state index contributed by atoms with van der Waals surface area (Å²) in [6.45, 7) is 5.42. The Labute approximate surface area is 168 Å². The molecule has 0 heterocycles. The van der Waals surface area contributed by atoms with Gasteiger partial charge in [-0.2, -0.15) is 4.21 Å². The van der Waals surface area contributed by atoms with E-state index in [2.05, 4.69) is 0 Å². The van der Waals surface area contributed by atoms with Crippen molar-refractivity contribution in [1.82, 2.24) is 0 Å². The molecule has 7 N–H and O–H groups in total. The van der Waals surface area contributed by atoms with Crippen LogP contribution in [0.2, 0.25) is 0 Å². The Bertz CT molecular complexity index is 266. The Morgan fingerprint density at radius 2 is 0.520 bits per heavy atom. The molecule has 0 aliphatic carbocycles. The van der Waals surface area contributed by atoms with Crippen molar-refractivity contribution in [2.24, 2.45) is 0 Å². The first-order valence-corrected chi connectivity index (χ1v) is 6.23. The average molecular weight is 406 g/mol. The Kier molecular flexibility index (Phi) is 66.6. The van der Waals surface area contributed by atoms with Crippen LogP contribution >= 0.6 is 0 Å². The molecule has 15 heteroatoms. The molecule has 0 radical (unpaired) electrons. The van der Waals surface area contributed by atoms with Gasteiger partial charge in [0.15, 0.2) is 0 Å². The predicted molar refractivity (Wildman–Crippen MR) is 87.1 cm³/mol. The van der Waals surface area contributed by atoms with Crippen molar-refractivity contribution < 1.29 is 62.8 Å². The monoisotopic (exact) mass is 406 g/mol. The van der Waals surface area contributed by atoms with Crippen LogP contribution in [0.15, 0.2) is 0 Å². The van der Waals surface area contributed by atoms with E-state index in [1.54, 1.807) is 0 Å². The molecule has 0 saturated heterocycles. The molecule has 0 unspecified atom stereocenters. The van der Waals surface area contributed by atoms with Gasteiger partial charge in [0.2, 0.25) is 0 Å². The first-order chi connectivity index (χ1) is 10.4. The summed E-state index contributed by atoms with van der Waals surface area (Å²) >= 11 is -2.61. The van der Waals surface area contributed by atoms with Crippen LogP contribution < -0.4 is 0 Å². The molecule has 0 aliphatic rings. The van der Waals surface area contributed by atoms with Crippen LogP contribution in [0.1, 0.15) is 34.6 Å². The maximum atomic E-state index is 9.00. The first kappa shape index (κ1) is 43.7. The zero-order valence-electron chi connectivity index (χ0n) is 13.5. The van der Waals surface area contributed by atoms with Gasteiger partial charge in [0.05, 0.1) is 0 Å². The zero-order valence-corrected chi connectivity index (χ0v) is 14.3. The van der Waals surface area contributed by atoms with Crippen molar-refractivity contribution in [3.8, 4) is 0 Å². The van der Waals surface area contributed by atoms with Crippen LogP contribution in [0.25, 0.3) is 0 Å². The summed E-state index contributed by atoms with van der Waals surface area (Å²) in [6, 6.07) is 0. The van der Waals surface area contributed by atoms with Gasteiger partial charge in [-0.1, -0.05) is 0 Å². The van der Waals surface area contributed by atoms with E-state index in [0.29, 0.717) is 0 Å². The van der Waals surface area contributed by atoms with E-state index in [1.807, 2.05) is 0 Å². The molecule has 0 amide bonds. The van der Waals surface area contributed by atoms with E-state index >= 15 is 0 Å². The fraction of sp³-hybridized carbons (Fsp3) is 0.500. The molecule has 0 aromatic rings. The molecular formula is C10H23NaO13S. The fourth-order valence-electron chi connectivity index (χ4n) is 0. The van der Waals surface area contributed by atoms with Gasteiger partial charge in [0, 0.05) is 34.6 Å². The summed E-state index contributed by atoms with van der Waals surface area (Å²) in [7, 11) is 0. The average Bonchev–Trinajstić information content (AvgIpc) is 2.08. The number of rotatable bonds is 0. The molecule has 0 atom stereocenters. The first-order valence-electron chi connectivity index (χ1n) is 5.17. The third-order valence-corrected chi connectivity index (χ3v) is 0. The molecule has 13 nitrogen and oxygen atoms in total. The molecule has 0 fully saturated rings. The third-order valence-electron chi connectivity index (χ3n) is 0. The van der Waals surface area contributed by atoms with Gasteiger partial charge in [-0.3, -0.25) is 33.1 Å². The van der Waals surface area contributed by atoms with Crippen LogP contribution in [-0.2, 0) is 35.3 Å². The molecule has 0 bridgehead atoms. The second-order valence-corrected chi connectivity index (χ2v) is 3.29. The molecule has 0 aromatic carbocycles. The Morgan fingerprint density at radius 3 is 0.520 bits per heavy atom. The van der Waals surface area contributed by atoms with Crippen LogP contribution in [-0.4, -0.2) is 98.3 Å². The Morgan fingerprint density at radius 1 is 0.520 bits per heavy atom. The van der Waals surface area contributed by atoms with Crippen molar-refractivity contribution in [3.05, 3.63) is 0 Å². The third kappa shape index (κ3) is 3740. The van der Waals surface area contributed by atoms with Crippen LogP contribution in [0, 0.1) is 0 Å². The molecule has 0 aliphatic heterocycles. The molecule has 25 heavy (non-hydrogen) atoms. The minimum atomic E-state index is -2.61. The summed E-state index contributed by atoms with van der Waals surface area (Å²) in [4.78, 5) is 45.0. The number of carbonyl (C=O) groups is 5. The predicted octanol–water partition coefficient (Wildman–Crippen LogP) is -0.513. The van der Waals surface area contributed by atoms with E-state index < -0.39 is 41.2 Å². The van der Waals surface area contributed by atoms with Crippen LogP contribution in [0.5, 0.6) is 0 Å². The van der Waals surface area contributed by atoms with Crippen molar-refractivity contribution >= 4 is 70.8 Å². The van der Waals surface area contributed by atoms with Crippen molar-refractivity contribution in [3.63, 3.8) is 0 Å². The van der Waals surface area contributed by atoms with E-state index in [9.17, 15) is 0 Å². The van der Waals surface area contributed by atoms with Gasteiger partial charge in [-0.15, -0.1) is 0 Å². The number of aliphatic carboxylic acids is 5. The SMILES string of the molecule is CC(=O)O.CC(=O)O.CC(=O)O.CC(=O)O.CC(=O)O.O=S(O)O.[NaH]. The van der Waals surface area contributed by atoms with Gasteiger partial charge < -0.3 is 25.5 Å². The zero-order chi connectivity index (χ0) is 21.5. The normalized spacial score (nSPS) is 6.40. The molecule has 0 saturated carbocycles.